The van der Waals surface area contributed by atoms with Crippen molar-refractivity contribution in [3.05, 3.63) is 45.9 Å². The zero-order valence-corrected chi connectivity index (χ0v) is 16.9. The van der Waals surface area contributed by atoms with Gasteiger partial charge in [0.15, 0.2) is 5.69 Å². The fourth-order valence-electron chi connectivity index (χ4n) is 2.58. The zero-order valence-electron chi connectivity index (χ0n) is 16.1. The number of ether oxygens (including phenoxy) is 1. The van der Waals surface area contributed by atoms with E-state index in [9.17, 15) is 22.8 Å². The molecule has 0 aliphatic carbocycles. The van der Waals surface area contributed by atoms with Gasteiger partial charge in [-0.15, -0.1) is 11.3 Å². The number of rotatable bonds is 8. The summed E-state index contributed by atoms with van der Waals surface area (Å²) in [7, 11) is 1.24. The van der Waals surface area contributed by atoms with Gasteiger partial charge in [-0.05, 0) is 18.6 Å². The molecular formula is C19H22F3N3O3S. The highest BCUT2D eigenvalue weighted by Crippen LogP contribution is 2.34. The number of carbonyl (C=O) groups is 2. The van der Waals surface area contributed by atoms with Crippen molar-refractivity contribution in [1.29, 1.82) is 0 Å². The summed E-state index contributed by atoms with van der Waals surface area (Å²) in [5.74, 6) is -0.589. The van der Waals surface area contributed by atoms with Crippen molar-refractivity contribution in [3.8, 4) is 0 Å². The Balaban J connectivity index is 2.18. The molecule has 1 aromatic carbocycles. The molecule has 6 nitrogen and oxygen atoms in total. The van der Waals surface area contributed by atoms with Gasteiger partial charge in [0.25, 0.3) is 0 Å². The largest absolute Gasteiger partial charge is 0.464 e. The molecule has 1 aromatic heterocycles. The Bertz CT molecular complexity index is 839. The molecule has 0 saturated heterocycles. The molecule has 1 heterocycles. The molecule has 0 saturated carbocycles. The minimum atomic E-state index is -4.58. The molecule has 2 amide bonds. The number of alkyl halides is 3. The maximum Gasteiger partial charge on any atom is 0.418 e. The summed E-state index contributed by atoms with van der Waals surface area (Å²) in [5, 5.41) is 4.36. The summed E-state index contributed by atoms with van der Waals surface area (Å²) >= 11 is 1.18. The first-order valence-corrected chi connectivity index (χ1v) is 9.89. The number of anilines is 1. The van der Waals surface area contributed by atoms with E-state index < -0.39 is 23.7 Å². The van der Waals surface area contributed by atoms with Crippen molar-refractivity contribution in [3.63, 3.8) is 0 Å². The average Bonchev–Trinajstić information content (AvgIpc) is 3.15. The molecule has 10 heteroatoms. The summed E-state index contributed by atoms with van der Waals surface area (Å²) in [5.41, 5.74) is -1.09. The van der Waals surface area contributed by atoms with Gasteiger partial charge < -0.3 is 15.0 Å². The predicted molar refractivity (Wildman–Crippen MR) is 104 cm³/mol. The van der Waals surface area contributed by atoms with Gasteiger partial charge in [-0.1, -0.05) is 31.9 Å². The van der Waals surface area contributed by atoms with E-state index in [-0.39, 0.29) is 17.9 Å². The molecule has 1 N–H and O–H groups in total. The summed E-state index contributed by atoms with van der Waals surface area (Å²) in [6.07, 6.45) is -2.09. The molecule has 0 unspecified atom stereocenters. The molecule has 0 radical (unpaired) electrons. The second-order valence-corrected chi connectivity index (χ2v) is 7.16. The van der Waals surface area contributed by atoms with Crippen LogP contribution in [0, 0.1) is 0 Å². The maximum atomic E-state index is 13.2. The number of amides is 2. The highest BCUT2D eigenvalue weighted by atomic mass is 32.1. The van der Waals surface area contributed by atoms with Crippen molar-refractivity contribution in [2.75, 3.05) is 19.0 Å². The van der Waals surface area contributed by atoms with Crippen LogP contribution in [-0.2, 0) is 17.5 Å². The average molecular weight is 429 g/mol. The van der Waals surface area contributed by atoms with Crippen molar-refractivity contribution in [2.45, 2.75) is 38.9 Å². The minimum Gasteiger partial charge on any atom is -0.464 e. The number of thiazole rings is 1. The van der Waals surface area contributed by atoms with Crippen molar-refractivity contribution >= 4 is 29.0 Å². The van der Waals surface area contributed by atoms with Crippen LogP contribution >= 0.6 is 11.3 Å². The van der Waals surface area contributed by atoms with Crippen LogP contribution in [0.2, 0.25) is 0 Å². The number of urea groups is 1. The monoisotopic (exact) mass is 429 g/mol. The Hall–Kier alpha value is -2.62. The molecule has 0 aliphatic heterocycles. The van der Waals surface area contributed by atoms with Gasteiger partial charge in [-0.3, -0.25) is 0 Å². The van der Waals surface area contributed by atoms with E-state index in [2.05, 4.69) is 15.0 Å². The number of aromatic nitrogens is 1. The second kappa shape index (κ2) is 10.2. The second-order valence-electron chi connectivity index (χ2n) is 6.22. The van der Waals surface area contributed by atoms with Gasteiger partial charge in [-0.2, -0.15) is 13.2 Å². The minimum absolute atomic E-state index is 0.0748. The van der Waals surface area contributed by atoms with Crippen molar-refractivity contribution in [1.82, 2.24) is 9.88 Å². The van der Waals surface area contributed by atoms with E-state index in [4.69, 9.17) is 0 Å². The van der Waals surface area contributed by atoms with Crippen LogP contribution in [-0.4, -0.2) is 35.5 Å². The third-order valence-corrected chi connectivity index (χ3v) is 4.90. The molecule has 2 rings (SSSR count). The Morgan fingerprint density at radius 1 is 1.24 bits per heavy atom. The SMILES string of the molecule is CCCCCN(Cc1nc(C(=O)OC)cs1)C(=O)Nc1ccccc1C(F)(F)F. The number of nitrogens with one attached hydrogen (secondary N) is 1. The normalized spacial score (nSPS) is 11.2. The Morgan fingerprint density at radius 2 is 1.97 bits per heavy atom. The molecule has 0 atom stereocenters. The van der Waals surface area contributed by atoms with E-state index >= 15 is 0 Å². The van der Waals surface area contributed by atoms with Crippen LogP contribution in [0.5, 0.6) is 0 Å². The maximum absolute atomic E-state index is 13.2. The smallest absolute Gasteiger partial charge is 0.418 e. The van der Waals surface area contributed by atoms with Crippen LogP contribution in [0.15, 0.2) is 29.6 Å². The van der Waals surface area contributed by atoms with Gasteiger partial charge in [0.2, 0.25) is 0 Å². The lowest BCUT2D eigenvalue weighted by atomic mass is 10.1. The quantitative estimate of drug-likeness (QED) is 0.464. The van der Waals surface area contributed by atoms with Crippen LogP contribution in [0.1, 0.15) is 47.2 Å². The van der Waals surface area contributed by atoms with Gasteiger partial charge in [0.1, 0.15) is 5.01 Å². The van der Waals surface area contributed by atoms with Crippen LogP contribution in [0.25, 0.3) is 0 Å². The lowest BCUT2D eigenvalue weighted by molar-refractivity contribution is -0.136. The Morgan fingerprint density at radius 3 is 2.62 bits per heavy atom. The molecule has 0 spiro atoms. The molecular weight excluding hydrogens is 407 g/mol. The third kappa shape index (κ3) is 6.45. The number of unbranched alkanes of at least 4 members (excludes halogenated alkanes) is 2. The summed E-state index contributed by atoms with van der Waals surface area (Å²) < 4.78 is 44.2. The van der Waals surface area contributed by atoms with E-state index in [1.807, 2.05) is 6.92 Å². The number of benzene rings is 1. The number of halogens is 3. The molecule has 0 fully saturated rings. The number of para-hydroxylation sites is 1. The fourth-order valence-corrected chi connectivity index (χ4v) is 3.36. The predicted octanol–water partition coefficient (Wildman–Crippen LogP) is 5.17. The Kier molecular flexibility index (Phi) is 8.00. The number of hydrogen-bond donors (Lipinski definition) is 1. The van der Waals surface area contributed by atoms with Crippen molar-refractivity contribution in [2.24, 2.45) is 0 Å². The molecule has 0 bridgehead atoms. The van der Waals surface area contributed by atoms with Crippen LogP contribution < -0.4 is 5.32 Å². The first-order valence-electron chi connectivity index (χ1n) is 9.01. The molecule has 29 heavy (non-hydrogen) atoms. The third-order valence-electron chi connectivity index (χ3n) is 4.07. The lowest BCUT2D eigenvalue weighted by Gasteiger charge is -2.23. The highest BCUT2D eigenvalue weighted by molar-refractivity contribution is 7.09. The van der Waals surface area contributed by atoms with Gasteiger partial charge in [0.05, 0.1) is 24.9 Å². The Labute approximate surface area is 170 Å². The topological polar surface area (TPSA) is 71.5 Å². The number of methoxy groups -OCH3 is 1. The molecule has 2 aromatic rings. The molecule has 0 aliphatic rings. The first-order chi connectivity index (χ1) is 13.8. The van der Waals surface area contributed by atoms with Gasteiger partial charge in [0, 0.05) is 11.9 Å². The van der Waals surface area contributed by atoms with Crippen LogP contribution in [0.4, 0.5) is 23.7 Å². The lowest BCUT2D eigenvalue weighted by Crippen LogP contribution is -2.35. The molecule has 158 valence electrons. The van der Waals surface area contributed by atoms with E-state index in [1.54, 1.807) is 0 Å². The van der Waals surface area contributed by atoms with Gasteiger partial charge >= 0.3 is 18.2 Å². The van der Waals surface area contributed by atoms with Gasteiger partial charge in [-0.25, -0.2) is 14.6 Å². The highest BCUT2D eigenvalue weighted by Gasteiger charge is 2.34. The van der Waals surface area contributed by atoms with E-state index in [0.29, 0.717) is 18.0 Å². The summed E-state index contributed by atoms with van der Waals surface area (Å²) in [6.45, 7) is 2.43. The van der Waals surface area contributed by atoms with Crippen LogP contribution in [0.3, 0.4) is 0 Å². The van der Waals surface area contributed by atoms with E-state index in [0.717, 1.165) is 18.9 Å². The fraction of sp³-hybridized carbons (Fsp3) is 0.421. The standard InChI is InChI=1S/C19H22F3N3O3S/c1-3-4-7-10-25(11-16-23-15(12-29-16)17(26)28-2)18(27)24-14-9-6-5-8-13(14)19(20,21)22/h5-6,8-9,12H,3-4,7,10-11H2,1-2H3,(H,24,27). The number of carbonyl (C=O) groups excluding carboxylic acids is 2. The van der Waals surface area contributed by atoms with E-state index in [1.165, 1.54) is 46.9 Å². The first kappa shape index (κ1) is 22.7. The summed E-state index contributed by atoms with van der Waals surface area (Å²) in [4.78, 5) is 29.8. The summed E-state index contributed by atoms with van der Waals surface area (Å²) in [6, 6.07) is 4.16. The zero-order chi connectivity index (χ0) is 21.4. The van der Waals surface area contributed by atoms with Crippen molar-refractivity contribution < 1.29 is 27.5 Å². The number of nitrogens with zero attached hydrogens (tertiary/aromatic N) is 2. The number of hydrogen-bond acceptors (Lipinski definition) is 5. The number of esters is 1.